The molecule has 0 saturated carbocycles. The Morgan fingerprint density at radius 3 is 2.67 bits per heavy atom. The molecule has 1 aromatic heterocycles. The Labute approximate surface area is 108 Å². The number of aromatic nitrogens is 1. The molecular formula is C11H21N3O3S. The largest absolute Gasteiger partial charge is 0.377 e. The van der Waals surface area contributed by atoms with Crippen LogP contribution in [0.1, 0.15) is 19.5 Å². The molecule has 1 heterocycles. The summed E-state index contributed by atoms with van der Waals surface area (Å²) in [5, 5.41) is 0. The van der Waals surface area contributed by atoms with E-state index in [0.717, 1.165) is 0 Å². The Bertz CT molecular complexity index is 468. The van der Waals surface area contributed by atoms with Gasteiger partial charge in [-0.25, -0.2) is 8.42 Å². The van der Waals surface area contributed by atoms with E-state index in [4.69, 9.17) is 10.5 Å². The first-order valence-electron chi connectivity index (χ1n) is 5.83. The number of sulfonamides is 1. The molecule has 3 N–H and O–H groups in total. The van der Waals surface area contributed by atoms with Crippen molar-refractivity contribution in [1.82, 2.24) is 9.29 Å². The van der Waals surface area contributed by atoms with Crippen molar-refractivity contribution in [2.45, 2.75) is 31.4 Å². The van der Waals surface area contributed by atoms with Crippen molar-refractivity contribution in [2.24, 2.45) is 5.73 Å². The molecule has 0 radical (unpaired) electrons. The number of H-pyrrole nitrogens is 1. The molecule has 0 atom stereocenters. The summed E-state index contributed by atoms with van der Waals surface area (Å²) in [5.41, 5.74) is 6.13. The van der Waals surface area contributed by atoms with E-state index in [1.807, 2.05) is 13.8 Å². The number of nitrogens with two attached hydrogens (primary N) is 1. The average molecular weight is 275 g/mol. The van der Waals surface area contributed by atoms with Crippen LogP contribution >= 0.6 is 0 Å². The van der Waals surface area contributed by atoms with Crippen LogP contribution in [0.15, 0.2) is 17.2 Å². The van der Waals surface area contributed by atoms with E-state index in [0.29, 0.717) is 18.8 Å². The van der Waals surface area contributed by atoms with Crippen molar-refractivity contribution >= 4 is 10.0 Å². The van der Waals surface area contributed by atoms with Crippen molar-refractivity contribution in [2.75, 3.05) is 20.2 Å². The Hall–Kier alpha value is -0.890. The number of hydrogen-bond donors (Lipinski definition) is 2. The molecule has 0 aliphatic heterocycles. The van der Waals surface area contributed by atoms with Gasteiger partial charge in [0.2, 0.25) is 10.0 Å². The molecule has 0 spiro atoms. The van der Waals surface area contributed by atoms with E-state index < -0.39 is 10.0 Å². The highest BCUT2D eigenvalue weighted by Gasteiger charge is 2.21. The van der Waals surface area contributed by atoms with Gasteiger partial charge in [-0.05, 0) is 19.9 Å². The lowest BCUT2D eigenvalue weighted by Gasteiger charge is -2.17. The lowest BCUT2D eigenvalue weighted by atomic mass is 10.4. The van der Waals surface area contributed by atoms with Crippen LogP contribution in [0.25, 0.3) is 0 Å². The summed E-state index contributed by atoms with van der Waals surface area (Å²) < 4.78 is 30.9. The molecular weight excluding hydrogens is 254 g/mol. The molecule has 0 aliphatic rings. The van der Waals surface area contributed by atoms with E-state index in [1.54, 1.807) is 6.07 Å². The third kappa shape index (κ3) is 3.81. The number of likely N-dealkylation sites (N-methyl/N-ethyl adjacent to an activating group) is 1. The van der Waals surface area contributed by atoms with Gasteiger partial charge in [-0.2, -0.15) is 4.31 Å². The van der Waals surface area contributed by atoms with Crippen LogP contribution in [0.5, 0.6) is 0 Å². The minimum absolute atomic E-state index is 0.0946. The zero-order valence-electron chi connectivity index (χ0n) is 11.0. The predicted molar refractivity (Wildman–Crippen MR) is 69.6 cm³/mol. The molecule has 0 bridgehead atoms. The summed E-state index contributed by atoms with van der Waals surface area (Å²) >= 11 is 0. The van der Waals surface area contributed by atoms with Crippen molar-refractivity contribution < 1.29 is 13.2 Å². The number of nitrogens with one attached hydrogen (secondary N) is 1. The molecule has 7 heteroatoms. The SMILES string of the molecule is CC(C)OCCN(C)S(=O)(=O)c1c[nH]c(CN)c1. The molecule has 6 nitrogen and oxygen atoms in total. The predicted octanol–water partition coefficient (Wildman–Crippen LogP) is 0.519. The van der Waals surface area contributed by atoms with Gasteiger partial charge in [0.15, 0.2) is 0 Å². The zero-order chi connectivity index (χ0) is 13.8. The summed E-state index contributed by atoms with van der Waals surface area (Å²) in [6.45, 7) is 4.81. The Morgan fingerprint density at radius 1 is 1.50 bits per heavy atom. The summed E-state index contributed by atoms with van der Waals surface area (Å²) in [4.78, 5) is 3.06. The fourth-order valence-corrected chi connectivity index (χ4v) is 2.58. The molecule has 104 valence electrons. The van der Waals surface area contributed by atoms with E-state index in [9.17, 15) is 8.42 Å². The molecule has 18 heavy (non-hydrogen) atoms. The first-order valence-corrected chi connectivity index (χ1v) is 7.27. The Morgan fingerprint density at radius 2 is 2.17 bits per heavy atom. The maximum absolute atomic E-state index is 12.1. The number of hydrogen-bond acceptors (Lipinski definition) is 4. The molecule has 1 rings (SSSR count). The Balaban J connectivity index is 2.67. The standard InChI is InChI=1S/C11H21N3O3S/c1-9(2)17-5-4-14(3)18(15,16)11-6-10(7-12)13-8-11/h6,8-9,13H,4-5,7,12H2,1-3H3. The maximum atomic E-state index is 12.1. The normalized spacial score (nSPS) is 12.6. The smallest absolute Gasteiger partial charge is 0.244 e. The van der Waals surface area contributed by atoms with Gasteiger partial charge in [0, 0.05) is 32.0 Å². The van der Waals surface area contributed by atoms with Gasteiger partial charge in [-0.3, -0.25) is 0 Å². The summed E-state index contributed by atoms with van der Waals surface area (Å²) in [6.07, 6.45) is 1.55. The van der Waals surface area contributed by atoms with Crippen LogP contribution < -0.4 is 5.73 Å². The highest BCUT2D eigenvalue weighted by atomic mass is 32.2. The van der Waals surface area contributed by atoms with Crippen LogP contribution in [0.2, 0.25) is 0 Å². The first kappa shape index (κ1) is 15.2. The third-order valence-corrected chi connectivity index (χ3v) is 4.34. The third-order valence-electron chi connectivity index (χ3n) is 2.50. The van der Waals surface area contributed by atoms with E-state index in [1.165, 1.54) is 17.5 Å². The maximum Gasteiger partial charge on any atom is 0.244 e. The molecule has 0 amide bonds. The summed E-state index contributed by atoms with van der Waals surface area (Å²) in [5.74, 6) is 0. The fraction of sp³-hybridized carbons (Fsp3) is 0.636. The average Bonchev–Trinajstić information content (AvgIpc) is 2.77. The van der Waals surface area contributed by atoms with Gasteiger partial charge >= 0.3 is 0 Å². The van der Waals surface area contributed by atoms with E-state index >= 15 is 0 Å². The zero-order valence-corrected chi connectivity index (χ0v) is 11.8. The van der Waals surface area contributed by atoms with Gasteiger partial charge in [0.05, 0.1) is 17.6 Å². The summed E-state index contributed by atoms with van der Waals surface area (Å²) in [7, 11) is -1.92. The van der Waals surface area contributed by atoms with E-state index in [-0.39, 0.29) is 17.5 Å². The molecule has 0 aromatic carbocycles. The number of rotatable bonds is 7. The molecule has 0 unspecified atom stereocenters. The lowest BCUT2D eigenvalue weighted by Crippen LogP contribution is -2.30. The van der Waals surface area contributed by atoms with Crippen LogP contribution in [0.4, 0.5) is 0 Å². The molecule has 0 aliphatic carbocycles. The highest BCUT2D eigenvalue weighted by Crippen LogP contribution is 2.15. The van der Waals surface area contributed by atoms with Crippen LogP contribution in [0, 0.1) is 0 Å². The Kier molecular flexibility index (Phi) is 5.33. The lowest BCUT2D eigenvalue weighted by molar-refractivity contribution is 0.0737. The van der Waals surface area contributed by atoms with Crippen molar-refractivity contribution in [3.05, 3.63) is 18.0 Å². The van der Waals surface area contributed by atoms with Crippen LogP contribution in [-0.2, 0) is 21.3 Å². The number of nitrogens with zero attached hydrogens (tertiary/aromatic N) is 1. The fourth-order valence-electron chi connectivity index (χ4n) is 1.40. The van der Waals surface area contributed by atoms with Crippen molar-refractivity contribution in [3.8, 4) is 0 Å². The molecule has 1 aromatic rings. The van der Waals surface area contributed by atoms with E-state index in [2.05, 4.69) is 4.98 Å². The minimum atomic E-state index is -3.46. The minimum Gasteiger partial charge on any atom is -0.377 e. The number of ether oxygens (including phenoxy) is 1. The monoisotopic (exact) mass is 275 g/mol. The van der Waals surface area contributed by atoms with Gasteiger partial charge in [0.25, 0.3) is 0 Å². The van der Waals surface area contributed by atoms with Gasteiger partial charge in [-0.15, -0.1) is 0 Å². The number of aromatic amines is 1. The van der Waals surface area contributed by atoms with Crippen LogP contribution in [0.3, 0.4) is 0 Å². The second-order valence-corrected chi connectivity index (χ2v) is 6.36. The van der Waals surface area contributed by atoms with Crippen molar-refractivity contribution in [1.29, 1.82) is 0 Å². The highest BCUT2D eigenvalue weighted by molar-refractivity contribution is 7.89. The molecule has 0 saturated heterocycles. The second-order valence-electron chi connectivity index (χ2n) is 4.31. The second kappa shape index (κ2) is 6.33. The van der Waals surface area contributed by atoms with Gasteiger partial charge < -0.3 is 15.5 Å². The van der Waals surface area contributed by atoms with Crippen LogP contribution in [-0.4, -0.2) is 44.0 Å². The topological polar surface area (TPSA) is 88.4 Å². The van der Waals surface area contributed by atoms with Gasteiger partial charge in [0.1, 0.15) is 0 Å². The van der Waals surface area contributed by atoms with Gasteiger partial charge in [-0.1, -0.05) is 0 Å². The summed E-state index contributed by atoms with van der Waals surface area (Å²) in [6, 6.07) is 1.55. The molecule has 0 fully saturated rings. The van der Waals surface area contributed by atoms with Crippen molar-refractivity contribution in [3.63, 3.8) is 0 Å². The first-order chi connectivity index (χ1) is 8.37. The quantitative estimate of drug-likeness (QED) is 0.759.